The number of para-hydroxylation sites is 1. The largest absolute Gasteiger partial charge is 0.323 e. The van der Waals surface area contributed by atoms with Gasteiger partial charge in [-0.15, -0.1) is 10.2 Å². The molecule has 144 valence electrons. The van der Waals surface area contributed by atoms with Crippen LogP contribution in [0.2, 0.25) is 0 Å². The lowest BCUT2D eigenvalue weighted by molar-refractivity contribution is -0.116. The number of aryl methyl sites for hydroxylation is 1. The summed E-state index contributed by atoms with van der Waals surface area (Å²) in [4.78, 5) is 13.0. The Morgan fingerprint density at radius 3 is 2.68 bits per heavy atom. The number of benzene rings is 2. The summed E-state index contributed by atoms with van der Waals surface area (Å²) >= 11 is 1.33. The van der Waals surface area contributed by atoms with Crippen LogP contribution < -0.4 is 10.7 Å². The fraction of sp³-hybridized carbons (Fsp3) is 0.250. The maximum atomic E-state index is 14.0. The molecule has 0 aliphatic carbocycles. The SMILES string of the molecule is CCCc1nnc2n1N[C@H](c1ccccc1)[C@@H](C(=O)Nc1ccccc1F)S2. The minimum absolute atomic E-state index is 0.165. The highest BCUT2D eigenvalue weighted by atomic mass is 32.2. The Hall–Kier alpha value is -2.87. The van der Waals surface area contributed by atoms with Gasteiger partial charge in [-0.3, -0.25) is 4.79 Å². The lowest BCUT2D eigenvalue weighted by Gasteiger charge is -2.33. The van der Waals surface area contributed by atoms with Crippen LogP contribution in [0.1, 0.15) is 30.8 Å². The summed E-state index contributed by atoms with van der Waals surface area (Å²) < 4.78 is 15.9. The molecule has 0 fully saturated rings. The second-order valence-electron chi connectivity index (χ2n) is 6.51. The summed E-state index contributed by atoms with van der Waals surface area (Å²) in [6.45, 7) is 2.08. The molecule has 0 unspecified atom stereocenters. The van der Waals surface area contributed by atoms with E-state index in [9.17, 15) is 9.18 Å². The van der Waals surface area contributed by atoms with Crippen molar-refractivity contribution in [3.63, 3.8) is 0 Å². The molecular formula is C20H20FN5OS. The van der Waals surface area contributed by atoms with Crippen LogP contribution in [-0.2, 0) is 11.2 Å². The Labute approximate surface area is 166 Å². The molecule has 3 aromatic rings. The maximum Gasteiger partial charge on any atom is 0.240 e. The standard InChI is InChI=1S/C20H20FN5OS/c1-2-8-16-23-24-20-26(16)25-17(13-9-4-3-5-10-13)18(28-20)19(27)22-15-12-7-6-11-14(15)21/h3-7,9-12,17-18,25H,2,8H2,1H3,(H,22,27)/t17-,18+/m1/s1. The van der Waals surface area contributed by atoms with Crippen molar-refractivity contribution in [1.29, 1.82) is 0 Å². The summed E-state index contributed by atoms with van der Waals surface area (Å²) in [5, 5.41) is 11.3. The number of halogens is 1. The minimum Gasteiger partial charge on any atom is -0.323 e. The third kappa shape index (κ3) is 3.60. The van der Waals surface area contributed by atoms with Crippen LogP contribution in [0.4, 0.5) is 10.1 Å². The van der Waals surface area contributed by atoms with E-state index in [1.54, 1.807) is 18.2 Å². The third-order valence-corrected chi connectivity index (χ3v) is 5.74. The second kappa shape index (κ2) is 8.02. The number of hydrogen-bond donors (Lipinski definition) is 2. The number of carbonyl (C=O) groups is 1. The molecule has 8 heteroatoms. The molecule has 6 nitrogen and oxygen atoms in total. The van der Waals surface area contributed by atoms with E-state index in [2.05, 4.69) is 27.9 Å². The van der Waals surface area contributed by atoms with E-state index in [0.29, 0.717) is 5.16 Å². The fourth-order valence-corrected chi connectivity index (χ4v) is 4.26. The molecular weight excluding hydrogens is 377 g/mol. The first-order chi connectivity index (χ1) is 13.7. The number of hydrogen-bond acceptors (Lipinski definition) is 5. The Kier molecular flexibility index (Phi) is 5.29. The van der Waals surface area contributed by atoms with Gasteiger partial charge in [-0.25, -0.2) is 9.07 Å². The highest BCUT2D eigenvalue weighted by molar-refractivity contribution is 8.00. The number of amides is 1. The van der Waals surface area contributed by atoms with E-state index < -0.39 is 11.1 Å². The van der Waals surface area contributed by atoms with Crippen LogP contribution in [0.15, 0.2) is 59.8 Å². The summed E-state index contributed by atoms with van der Waals surface area (Å²) in [6.07, 6.45) is 1.73. The number of carbonyl (C=O) groups excluding carboxylic acids is 1. The highest BCUT2D eigenvalue weighted by Crippen LogP contribution is 2.37. The van der Waals surface area contributed by atoms with Crippen molar-refractivity contribution in [1.82, 2.24) is 14.9 Å². The van der Waals surface area contributed by atoms with E-state index in [0.717, 1.165) is 24.2 Å². The van der Waals surface area contributed by atoms with Gasteiger partial charge >= 0.3 is 0 Å². The lowest BCUT2D eigenvalue weighted by Crippen LogP contribution is -2.41. The Balaban J connectivity index is 1.67. The van der Waals surface area contributed by atoms with E-state index in [1.807, 2.05) is 35.0 Å². The number of aromatic nitrogens is 3. The summed E-state index contributed by atoms with van der Waals surface area (Å²) in [6, 6.07) is 15.6. The fourth-order valence-electron chi connectivity index (χ4n) is 3.16. The first-order valence-corrected chi connectivity index (χ1v) is 10.0. The van der Waals surface area contributed by atoms with Gasteiger partial charge in [-0.2, -0.15) is 0 Å². The van der Waals surface area contributed by atoms with Gasteiger partial charge in [-0.05, 0) is 24.1 Å². The monoisotopic (exact) mass is 397 g/mol. The molecule has 28 heavy (non-hydrogen) atoms. The first kappa shape index (κ1) is 18.5. The molecule has 0 radical (unpaired) electrons. The van der Waals surface area contributed by atoms with Crippen molar-refractivity contribution in [2.75, 3.05) is 10.7 Å². The molecule has 0 spiro atoms. The molecule has 1 amide bonds. The molecule has 2 aromatic carbocycles. The third-order valence-electron chi connectivity index (χ3n) is 4.53. The van der Waals surface area contributed by atoms with E-state index in [-0.39, 0.29) is 17.6 Å². The van der Waals surface area contributed by atoms with Gasteiger partial charge in [-0.1, -0.05) is 61.2 Å². The van der Waals surface area contributed by atoms with Crippen LogP contribution in [0.25, 0.3) is 0 Å². The van der Waals surface area contributed by atoms with Crippen LogP contribution in [0.3, 0.4) is 0 Å². The zero-order valence-corrected chi connectivity index (χ0v) is 16.1. The average molecular weight is 397 g/mol. The van der Waals surface area contributed by atoms with Crippen molar-refractivity contribution < 1.29 is 9.18 Å². The number of nitrogens with zero attached hydrogens (tertiary/aromatic N) is 3. The first-order valence-electron chi connectivity index (χ1n) is 9.15. The topological polar surface area (TPSA) is 71.8 Å². The van der Waals surface area contributed by atoms with Crippen LogP contribution in [0, 0.1) is 5.82 Å². The second-order valence-corrected chi connectivity index (χ2v) is 7.62. The van der Waals surface area contributed by atoms with Crippen LogP contribution in [-0.4, -0.2) is 26.0 Å². The summed E-state index contributed by atoms with van der Waals surface area (Å²) in [7, 11) is 0. The minimum atomic E-state index is -0.534. The van der Waals surface area contributed by atoms with Gasteiger partial charge in [0.05, 0.1) is 11.7 Å². The van der Waals surface area contributed by atoms with Crippen LogP contribution in [0.5, 0.6) is 0 Å². The predicted molar refractivity (Wildman–Crippen MR) is 107 cm³/mol. The Morgan fingerprint density at radius 1 is 1.18 bits per heavy atom. The molecule has 2 atom stereocenters. The van der Waals surface area contributed by atoms with Gasteiger partial charge in [0.2, 0.25) is 11.1 Å². The Morgan fingerprint density at radius 2 is 1.93 bits per heavy atom. The van der Waals surface area contributed by atoms with Gasteiger partial charge < -0.3 is 10.7 Å². The van der Waals surface area contributed by atoms with Gasteiger partial charge in [0, 0.05) is 6.42 Å². The highest BCUT2D eigenvalue weighted by Gasteiger charge is 2.37. The molecule has 0 bridgehead atoms. The molecule has 1 aliphatic rings. The van der Waals surface area contributed by atoms with Crippen molar-refractivity contribution in [2.24, 2.45) is 0 Å². The zero-order valence-electron chi connectivity index (χ0n) is 15.3. The van der Waals surface area contributed by atoms with Crippen molar-refractivity contribution >= 4 is 23.4 Å². The number of fused-ring (bicyclic) bond motifs is 1. The molecule has 1 aliphatic heterocycles. The lowest BCUT2D eigenvalue weighted by atomic mass is 10.0. The van der Waals surface area contributed by atoms with Crippen molar-refractivity contribution in [2.45, 2.75) is 36.2 Å². The Bertz CT molecular complexity index is 978. The van der Waals surface area contributed by atoms with Gasteiger partial charge in [0.25, 0.3) is 0 Å². The molecule has 1 aromatic heterocycles. The van der Waals surface area contributed by atoms with E-state index in [4.69, 9.17) is 0 Å². The number of nitrogens with one attached hydrogen (secondary N) is 2. The summed E-state index contributed by atoms with van der Waals surface area (Å²) in [5.74, 6) is 0.0796. The molecule has 2 N–H and O–H groups in total. The number of anilines is 1. The van der Waals surface area contributed by atoms with Crippen LogP contribution >= 0.6 is 11.8 Å². The molecule has 4 rings (SSSR count). The molecule has 0 saturated carbocycles. The van der Waals surface area contributed by atoms with Gasteiger partial charge in [0.1, 0.15) is 11.1 Å². The van der Waals surface area contributed by atoms with Gasteiger partial charge in [0.15, 0.2) is 5.82 Å². The van der Waals surface area contributed by atoms with Crippen molar-refractivity contribution in [3.05, 3.63) is 71.8 Å². The van der Waals surface area contributed by atoms with Crippen molar-refractivity contribution in [3.8, 4) is 0 Å². The number of rotatable bonds is 5. The number of thioether (sulfide) groups is 1. The molecule has 0 saturated heterocycles. The maximum absolute atomic E-state index is 14.0. The predicted octanol–water partition coefficient (Wildman–Crippen LogP) is 3.77. The van der Waals surface area contributed by atoms with E-state index >= 15 is 0 Å². The average Bonchev–Trinajstić information content (AvgIpc) is 3.11. The summed E-state index contributed by atoms with van der Waals surface area (Å²) in [5.41, 5.74) is 4.52. The zero-order chi connectivity index (χ0) is 19.5. The quantitative estimate of drug-likeness (QED) is 0.686. The van der Waals surface area contributed by atoms with E-state index in [1.165, 1.54) is 17.8 Å². The molecule has 2 heterocycles. The smallest absolute Gasteiger partial charge is 0.240 e. The normalized spacial score (nSPS) is 18.2.